The molecule has 0 fully saturated rings. The molecule has 1 amide bonds. The maximum atomic E-state index is 11.1. The summed E-state index contributed by atoms with van der Waals surface area (Å²) >= 11 is 1.44. The van der Waals surface area contributed by atoms with E-state index in [9.17, 15) is 9.90 Å². The highest BCUT2D eigenvalue weighted by molar-refractivity contribution is 7.99. The smallest absolute Gasteiger partial charge is 0.250 e. The summed E-state index contributed by atoms with van der Waals surface area (Å²) in [5.41, 5.74) is 4.95. The summed E-state index contributed by atoms with van der Waals surface area (Å²) in [5.74, 6) is -0.364. The van der Waals surface area contributed by atoms with E-state index in [0.29, 0.717) is 12.2 Å². The summed E-state index contributed by atoms with van der Waals surface area (Å²) in [6.07, 6.45) is 0.335. The molecule has 0 aromatic heterocycles. The van der Waals surface area contributed by atoms with E-state index in [2.05, 4.69) is 0 Å². The standard InChI is InChI=1S/C12H17NO2S/c1-3-12(15,11(13)14)8-16-10-6-4-9(2)5-7-10/h4-7,15H,3,8H2,1-2H3,(H2,13,14)/t12-/m1/s1. The number of aryl methyl sites for hydroxylation is 1. The van der Waals surface area contributed by atoms with Crippen LogP contribution in [0.15, 0.2) is 29.2 Å². The molecule has 1 rings (SSSR count). The Labute approximate surface area is 100 Å². The Morgan fingerprint density at radius 3 is 2.44 bits per heavy atom. The Morgan fingerprint density at radius 1 is 1.44 bits per heavy atom. The second kappa shape index (κ2) is 5.37. The predicted octanol–water partition coefficient (Wildman–Crippen LogP) is 1.71. The number of thioether (sulfide) groups is 1. The summed E-state index contributed by atoms with van der Waals surface area (Å²) in [6, 6.07) is 7.93. The fourth-order valence-corrected chi connectivity index (χ4v) is 2.27. The summed E-state index contributed by atoms with van der Waals surface area (Å²) in [6.45, 7) is 3.76. The first-order valence-electron chi connectivity index (χ1n) is 5.19. The van der Waals surface area contributed by atoms with Crippen molar-refractivity contribution in [1.29, 1.82) is 0 Å². The molecule has 1 atom stereocenters. The third kappa shape index (κ3) is 3.25. The van der Waals surface area contributed by atoms with Crippen molar-refractivity contribution in [2.45, 2.75) is 30.8 Å². The Kier molecular flexibility index (Phi) is 4.38. The molecule has 0 spiro atoms. The quantitative estimate of drug-likeness (QED) is 0.769. The van der Waals surface area contributed by atoms with Gasteiger partial charge in [0.15, 0.2) is 5.60 Å². The van der Waals surface area contributed by atoms with Crippen LogP contribution in [0.4, 0.5) is 0 Å². The second-order valence-corrected chi connectivity index (χ2v) is 4.90. The van der Waals surface area contributed by atoms with E-state index in [-0.39, 0.29) is 0 Å². The van der Waals surface area contributed by atoms with Gasteiger partial charge in [0.1, 0.15) is 0 Å². The van der Waals surface area contributed by atoms with Gasteiger partial charge < -0.3 is 10.8 Å². The molecule has 1 aromatic rings. The van der Waals surface area contributed by atoms with Crippen molar-refractivity contribution in [3.63, 3.8) is 0 Å². The Balaban J connectivity index is 2.63. The summed E-state index contributed by atoms with van der Waals surface area (Å²) in [5, 5.41) is 9.92. The molecule has 3 N–H and O–H groups in total. The first-order chi connectivity index (χ1) is 7.48. The Morgan fingerprint density at radius 2 is 2.00 bits per heavy atom. The lowest BCUT2D eigenvalue weighted by molar-refractivity contribution is -0.134. The van der Waals surface area contributed by atoms with Gasteiger partial charge in [-0.1, -0.05) is 24.6 Å². The van der Waals surface area contributed by atoms with Crippen LogP contribution in [0.25, 0.3) is 0 Å². The molecule has 0 heterocycles. The number of rotatable bonds is 5. The van der Waals surface area contributed by atoms with Gasteiger partial charge in [0.05, 0.1) is 0 Å². The first kappa shape index (κ1) is 13.1. The number of primary amides is 1. The molecule has 4 heteroatoms. The fourth-order valence-electron chi connectivity index (χ4n) is 1.18. The number of benzene rings is 1. The zero-order valence-electron chi connectivity index (χ0n) is 9.56. The largest absolute Gasteiger partial charge is 0.379 e. The molecule has 0 saturated carbocycles. The molecule has 16 heavy (non-hydrogen) atoms. The molecular weight excluding hydrogens is 222 g/mol. The van der Waals surface area contributed by atoms with Crippen LogP contribution in [-0.2, 0) is 4.79 Å². The Hall–Kier alpha value is -1.00. The van der Waals surface area contributed by atoms with Gasteiger partial charge in [-0.05, 0) is 25.5 Å². The number of hydrogen-bond donors (Lipinski definition) is 2. The van der Waals surface area contributed by atoms with E-state index >= 15 is 0 Å². The van der Waals surface area contributed by atoms with Gasteiger partial charge in [0.2, 0.25) is 5.91 Å². The normalized spacial score (nSPS) is 14.4. The minimum absolute atomic E-state index is 0.294. The van der Waals surface area contributed by atoms with E-state index in [4.69, 9.17) is 5.73 Å². The van der Waals surface area contributed by atoms with Crippen molar-refractivity contribution in [1.82, 2.24) is 0 Å². The van der Waals surface area contributed by atoms with Crippen molar-refractivity contribution in [3.05, 3.63) is 29.8 Å². The molecular formula is C12H17NO2S. The van der Waals surface area contributed by atoms with E-state index in [1.54, 1.807) is 6.92 Å². The average Bonchev–Trinajstić information content (AvgIpc) is 2.27. The highest BCUT2D eigenvalue weighted by Gasteiger charge is 2.31. The zero-order valence-corrected chi connectivity index (χ0v) is 10.4. The van der Waals surface area contributed by atoms with Crippen molar-refractivity contribution < 1.29 is 9.90 Å². The van der Waals surface area contributed by atoms with Gasteiger partial charge in [-0.25, -0.2) is 0 Å². The number of carbonyl (C=O) groups is 1. The third-order valence-electron chi connectivity index (χ3n) is 2.54. The molecule has 0 saturated heterocycles. The predicted molar refractivity (Wildman–Crippen MR) is 66.3 cm³/mol. The molecule has 0 aliphatic heterocycles. The van der Waals surface area contributed by atoms with Gasteiger partial charge in [0, 0.05) is 10.6 Å². The molecule has 0 unspecified atom stereocenters. The first-order valence-corrected chi connectivity index (χ1v) is 6.18. The van der Waals surface area contributed by atoms with Crippen molar-refractivity contribution in [2.24, 2.45) is 5.73 Å². The van der Waals surface area contributed by atoms with E-state index in [1.807, 2.05) is 31.2 Å². The number of amides is 1. The lowest BCUT2D eigenvalue weighted by Gasteiger charge is -2.22. The highest BCUT2D eigenvalue weighted by atomic mass is 32.2. The third-order valence-corrected chi connectivity index (χ3v) is 3.77. The maximum absolute atomic E-state index is 11.1. The second-order valence-electron chi connectivity index (χ2n) is 3.85. The molecule has 0 bridgehead atoms. The summed E-state index contributed by atoms with van der Waals surface area (Å²) in [7, 11) is 0. The molecule has 0 aliphatic carbocycles. The number of carbonyl (C=O) groups excluding carboxylic acids is 1. The van der Waals surface area contributed by atoms with E-state index in [0.717, 1.165) is 4.90 Å². The highest BCUT2D eigenvalue weighted by Crippen LogP contribution is 2.24. The Bertz CT molecular complexity index is 364. The molecule has 1 aromatic carbocycles. The van der Waals surface area contributed by atoms with Crippen molar-refractivity contribution in [2.75, 3.05) is 5.75 Å². The zero-order chi connectivity index (χ0) is 12.2. The molecule has 0 radical (unpaired) electrons. The SMILES string of the molecule is CC[C@@](O)(CSc1ccc(C)cc1)C(N)=O. The van der Waals surface area contributed by atoms with E-state index < -0.39 is 11.5 Å². The number of aliphatic hydroxyl groups is 1. The van der Waals surface area contributed by atoms with Crippen molar-refractivity contribution >= 4 is 17.7 Å². The van der Waals surface area contributed by atoms with Gasteiger partial charge in [-0.15, -0.1) is 11.8 Å². The van der Waals surface area contributed by atoms with Gasteiger partial charge in [0.25, 0.3) is 0 Å². The number of nitrogens with two attached hydrogens (primary N) is 1. The van der Waals surface area contributed by atoms with Crippen LogP contribution in [0.3, 0.4) is 0 Å². The summed E-state index contributed by atoms with van der Waals surface area (Å²) in [4.78, 5) is 12.1. The van der Waals surface area contributed by atoms with Crippen LogP contribution in [0, 0.1) is 6.92 Å². The van der Waals surface area contributed by atoms with Crippen LogP contribution in [-0.4, -0.2) is 22.4 Å². The van der Waals surface area contributed by atoms with Crippen LogP contribution in [0.1, 0.15) is 18.9 Å². The van der Waals surface area contributed by atoms with Crippen molar-refractivity contribution in [3.8, 4) is 0 Å². The van der Waals surface area contributed by atoms with E-state index in [1.165, 1.54) is 17.3 Å². The lowest BCUT2D eigenvalue weighted by Crippen LogP contribution is -2.45. The minimum atomic E-state index is -1.41. The number of hydrogen-bond acceptors (Lipinski definition) is 3. The monoisotopic (exact) mass is 239 g/mol. The van der Waals surface area contributed by atoms with Gasteiger partial charge >= 0.3 is 0 Å². The maximum Gasteiger partial charge on any atom is 0.250 e. The average molecular weight is 239 g/mol. The van der Waals surface area contributed by atoms with Crippen LogP contribution >= 0.6 is 11.8 Å². The fraction of sp³-hybridized carbons (Fsp3) is 0.417. The van der Waals surface area contributed by atoms with Crippen LogP contribution < -0.4 is 5.73 Å². The molecule has 3 nitrogen and oxygen atoms in total. The lowest BCUT2D eigenvalue weighted by atomic mass is 10.0. The molecule has 0 aliphatic rings. The topological polar surface area (TPSA) is 63.3 Å². The summed E-state index contributed by atoms with van der Waals surface area (Å²) < 4.78 is 0. The van der Waals surface area contributed by atoms with Gasteiger partial charge in [-0.2, -0.15) is 0 Å². The van der Waals surface area contributed by atoms with Crippen LogP contribution in [0.2, 0.25) is 0 Å². The van der Waals surface area contributed by atoms with Crippen LogP contribution in [0.5, 0.6) is 0 Å². The minimum Gasteiger partial charge on any atom is -0.379 e. The molecule has 88 valence electrons. The van der Waals surface area contributed by atoms with Gasteiger partial charge in [-0.3, -0.25) is 4.79 Å².